The van der Waals surface area contributed by atoms with Gasteiger partial charge in [0.25, 0.3) is 0 Å². The first-order chi connectivity index (χ1) is 16.1. The largest absolute Gasteiger partial charge is 0.497 e. The van der Waals surface area contributed by atoms with E-state index >= 15 is 0 Å². The molecule has 33 heavy (non-hydrogen) atoms. The van der Waals surface area contributed by atoms with Crippen molar-refractivity contribution in [3.63, 3.8) is 0 Å². The predicted octanol–water partition coefficient (Wildman–Crippen LogP) is 2.89. The summed E-state index contributed by atoms with van der Waals surface area (Å²) in [6.07, 6.45) is 0.585. The minimum atomic E-state index is -0.363. The van der Waals surface area contributed by atoms with Gasteiger partial charge in [-0.1, -0.05) is 5.16 Å². The molecule has 2 bridgehead atoms. The van der Waals surface area contributed by atoms with Gasteiger partial charge in [0.05, 0.1) is 44.6 Å². The van der Waals surface area contributed by atoms with Crippen LogP contribution in [0.4, 0.5) is 5.69 Å². The van der Waals surface area contributed by atoms with E-state index < -0.39 is 0 Å². The number of rotatable bonds is 5. The maximum atomic E-state index is 13.5. The van der Waals surface area contributed by atoms with Gasteiger partial charge in [-0.2, -0.15) is 0 Å². The second-order valence-electron chi connectivity index (χ2n) is 8.96. The van der Waals surface area contributed by atoms with Crippen molar-refractivity contribution in [3.8, 4) is 17.2 Å². The van der Waals surface area contributed by atoms with Crippen molar-refractivity contribution in [2.24, 2.45) is 34.7 Å². The fourth-order valence-electron chi connectivity index (χ4n) is 6.34. The van der Waals surface area contributed by atoms with E-state index in [9.17, 15) is 9.59 Å². The molecule has 170 valence electrons. The summed E-state index contributed by atoms with van der Waals surface area (Å²) >= 11 is 0. The second-order valence-corrected chi connectivity index (χ2v) is 8.96. The molecule has 2 aromatic carbocycles. The van der Waals surface area contributed by atoms with E-state index in [1.807, 2.05) is 18.2 Å². The lowest BCUT2D eigenvalue weighted by atomic mass is 9.71. The van der Waals surface area contributed by atoms with Crippen LogP contribution in [-0.2, 0) is 14.4 Å². The third kappa shape index (κ3) is 2.66. The normalized spacial score (nSPS) is 31.2. The van der Waals surface area contributed by atoms with Gasteiger partial charge >= 0.3 is 0 Å². The van der Waals surface area contributed by atoms with E-state index in [4.69, 9.17) is 19.0 Å². The lowest BCUT2D eigenvalue weighted by Crippen LogP contribution is -2.41. The number of benzene rings is 2. The summed E-state index contributed by atoms with van der Waals surface area (Å²) in [7, 11) is 4.79. The smallest absolute Gasteiger partial charge is 0.238 e. The van der Waals surface area contributed by atoms with Gasteiger partial charge in [0, 0.05) is 23.5 Å². The number of oxime groups is 1. The van der Waals surface area contributed by atoms with Crippen LogP contribution in [0, 0.1) is 29.6 Å². The molecule has 0 radical (unpaired) electrons. The lowest BCUT2D eigenvalue weighted by molar-refractivity contribution is -0.125. The summed E-state index contributed by atoms with van der Waals surface area (Å²) < 4.78 is 16.1. The van der Waals surface area contributed by atoms with Gasteiger partial charge in [-0.05, 0) is 48.7 Å². The van der Waals surface area contributed by atoms with Crippen molar-refractivity contribution in [2.75, 3.05) is 26.2 Å². The number of anilines is 1. The monoisotopic (exact) mass is 448 g/mol. The first-order valence-corrected chi connectivity index (χ1v) is 11.0. The molecule has 8 heteroatoms. The van der Waals surface area contributed by atoms with E-state index in [-0.39, 0.29) is 47.5 Å². The van der Waals surface area contributed by atoms with Crippen LogP contribution in [0.5, 0.6) is 17.2 Å². The molecule has 0 aromatic heterocycles. The molecule has 4 aliphatic rings. The first kappa shape index (κ1) is 20.1. The van der Waals surface area contributed by atoms with E-state index in [1.54, 1.807) is 45.6 Å². The van der Waals surface area contributed by atoms with Crippen molar-refractivity contribution in [3.05, 3.63) is 48.0 Å². The van der Waals surface area contributed by atoms with Crippen molar-refractivity contribution in [1.29, 1.82) is 0 Å². The molecule has 0 N–H and O–H groups in total. The zero-order valence-corrected chi connectivity index (χ0v) is 18.6. The van der Waals surface area contributed by atoms with E-state index in [1.165, 1.54) is 4.90 Å². The summed E-state index contributed by atoms with van der Waals surface area (Å²) in [5.41, 5.74) is 2.20. The van der Waals surface area contributed by atoms with Crippen molar-refractivity contribution in [1.82, 2.24) is 0 Å². The summed E-state index contributed by atoms with van der Waals surface area (Å²) in [6, 6.07) is 12.6. The fourth-order valence-corrected chi connectivity index (χ4v) is 6.34. The number of nitrogens with zero attached hydrogens (tertiary/aromatic N) is 2. The quantitative estimate of drug-likeness (QED) is 0.654. The van der Waals surface area contributed by atoms with E-state index in [0.717, 1.165) is 17.7 Å². The van der Waals surface area contributed by atoms with E-state index in [2.05, 4.69) is 5.16 Å². The Hall–Kier alpha value is -3.55. The SMILES string of the molecule is COc1ccc(N2C(=O)[C@@H]3[C@H]4C[C@@H]([C@@H]5C(c6ccc(OC)cc6OC)=NO[C@@H]45)[C@@H]3C2=O)cc1. The number of methoxy groups -OCH3 is 3. The molecule has 2 heterocycles. The minimum absolute atomic E-state index is 0.00208. The number of ether oxygens (including phenoxy) is 3. The van der Waals surface area contributed by atoms with Crippen LogP contribution >= 0.6 is 0 Å². The number of fused-ring (bicyclic) bond motifs is 8. The molecule has 6 atom stereocenters. The second kappa shape index (κ2) is 7.23. The van der Waals surface area contributed by atoms with Gasteiger partial charge in [0.2, 0.25) is 11.8 Å². The Balaban J connectivity index is 1.33. The van der Waals surface area contributed by atoms with Gasteiger partial charge in [-0.15, -0.1) is 0 Å². The highest BCUT2D eigenvalue weighted by atomic mass is 16.6. The van der Waals surface area contributed by atoms with Gasteiger partial charge in [-0.3, -0.25) is 14.5 Å². The number of amides is 2. The molecule has 2 aliphatic carbocycles. The number of hydrogen-bond donors (Lipinski definition) is 0. The average molecular weight is 448 g/mol. The van der Waals surface area contributed by atoms with Crippen LogP contribution in [0.1, 0.15) is 12.0 Å². The van der Waals surface area contributed by atoms with Crippen molar-refractivity contribution in [2.45, 2.75) is 12.5 Å². The van der Waals surface area contributed by atoms with Gasteiger partial charge < -0.3 is 19.0 Å². The van der Waals surface area contributed by atoms with Crippen molar-refractivity contribution >= 4 is 23.2 Å². The Morgan fingerprint density at radius 1 is 0.848 bits per heavy atom. The fraction of sp³-hybridized carbons (Fsp3) is 0.400. The number of imide groups is 1. The molecule has 6 rings (SSSR count). The Kier molecular flexibility index (Phi) is 4.40. The molecule has 8 nitrogen and oxygen atoms in total. The number of hydrogen-bond acceptors (Lipinski definition) is 7. The van der Waals surface area contributed by atoms with Gasteiger partial charge in [0.1, 0.15) is 23.4 Å². The number of carbonyl (C=O) groups excluding carboxylic acids is 2. The summed E-state index contributed by atoms with van der Waals surface area (Å²) in [5, 5.41) is 4.41. The van der Waals surface area contributed by atoms with Crippen LogP contribution < -0.4 is 19.1 Å². The van der Waals surface area contributed by atoms with Crippen LogP contribution in [0.3, 0.4) is 0 Å². The summed E-state index contributed by atoms with van der Waals surface area (Å²) in [6.45, 7) is 0. The highest BCUT2D eigenvalue weighted by Crippen LogP contribution is 2.62. The topological polar surface area (TPSA) is 86.7 Å². The molecule has 0 unspecified atom stereocenters. The summed E-state index contributed by atoms with van der Waals surface area (Å²) in [5.74, 6) is 0.931. The maximum Gasteiger partial charge on any atom is 0.238 e. The Morgan fingerprint density at radius 2 is 1.52 bits per heavy atom. The molecule has 1 saturated heterocycles. The molecular weight excluding hydrogens is 424 g/mol. The molecule has 2 amide bonds. The average Bonchev–Trinajstić information content (AvgIpc) is 3.59. The number of carbonyl (C=O) groups is 2. The third-order valence-corrected chi connectivity index (χ3v) is 7.71. The van der Waals surface area contributed by atoms with Crippen molar-refractivity contribution < 1.29 is 28.6 Å². The standard InChI is InChI=1S/C25H24N2O6/c1-30-13-6-4-12(5-7-13)27-24(28)19-16-11-17(20(19)25(27)29)23-21(16)22(26-33-23)15-9-8-14(31-2)10-18(15)32-3/h4-10,16-17,19-21,23H,11H2,1-3H3/t16-,17-,19+,20-,21-,23+/m1/s1. The zero-order valence-electron chi connectivity index (χ0n) is 18.6. The lowest BCUT2D eigenvalue weighted by Gasteiger charge is -2.30. The highest BCUT2D eigenvalue weighted by Gasteiger charge is 2.70. The minimum Gasteiger partial charge on any atom is -0.497 e. The van der Waals surface area contributed by atoms with Crippen LogP contribution in [0.2, 0.25) is 0 Å². The van der Waals surface area contributed by atoms with Gasteiger partial charge in [-0.25, -0.2) is 0 Å². The van der Waals surface area contributed by atoms with Crippen LogP contribution in [0.25, 0.3) is 0 Å². The van der Waals surface area contributed by atoms with Crippen LogP contribution in [0.15, 0.2) is 47.6 Å². The third-order valence-electron chi connectivity index (χ3n) is 7.71. The van der Waals surface area contributed by atoms with E-state index in [0.29, 0.717) is 22.9 Å². The van der Waals surface area contributed by atoms with Crippen LogP contribution in [-0.4, -0.2) is 45.0 Å². The highest BCUT2D eigenvalue weighted by molar-refractivity contribution is 6.23. The molecule has 3 fully saturated rings. The summed E-state index contributed by atoms with van der Waals surface area (Å²) in [4.78, 5) is 34.2. The first-order valence-electron chi connectivity index (χ1n) is 11.0. The molecule has 2 aliphatic heterocycles. The molecule has 2 saturated carbocycles. The molecule has 0 spiro atoms. The predicted molar refractivity (Wildman–Crippen MR) is 119 cm³/mol. The molecular formula is C25H24N2O6. The Bertz CT molecular complexity index is 1180. The molecule has 2 aromatic rings. The maximum absolute atomic E-state index is 13.5. The van der Waals surface area contributed by atoms with Gasteiger partial charge in [0.15, 0.2) is 0 Å². The zero-order chi connectivity index (χ0) is 22.9. The Morgan fingerprint density at radius 3 is 2.18 bits per heavy atom. The Labute approximate surface area is 191 Å².